The third kappa shape index (κ3) is 6.22. The molecule has 2 aromatic heterocycles. The lowest BCUT2D eigenvalue weighted by atomic mass is 10.1. The second-order valence-corrected chi connectivity index (χ2v) is 7.39. The van der Waals surface area contributed by atoms with Gasteiger partial charge in [-0.2, -0.15) is 0 Å². The van der Waals surface area contributed by atoms with Gasteiger partial charge in [-0.05, 0) is 61.4 Å². The SMILES string of the molecule is c1c[nH]c(-c2ccc(OCCCCCCCOc3ccc(-c4ncc[nH]4)cc3)cc2)n1. The van der Waals surface area contributed by atoms with Crippen LogP contribution < -0.4 is 9.47 Å². The standard InChI is InChI=1S/C25H28N4O2/c1(2-4-18-30-22-10-6-20(7-11-22)24-26-14-15-27-24)3-5-19-31-23-12-8-21(9-13-23)25-28-16-17-29-25/h6-17H,1-5,18-19H2,(H,26,27)(H,28,29). The fourth-order valence-corrected chi connectivity index (χ4v) is 3.38. The van der Waals surface area contributed by atoms with Crippen LogP contribution in [0.15, 0.2) is 73.3 Å². The van der Waals surface area contributed by atoms with Gasteiger partial charge in [-0.3, -0.25) is 0 Å². The van der Waals surface area contributed by atoms with Crippen molar-refractivity contribution in [1.29, 1.82) is 0 Å². The Morgan fingerprint density at radius 2 is 0.968 bits per heavy atom. The number of benzene rings is 2. The predicted molar refractivity (Wildman–Crippen MR) is 122 cm³/mol. The van der Waals surface area contributed by atoms with Crippen molar-refractivity contribution in [1.82, 2.24) is 19.9 Å². The molecular formula is C25H28N4O2. The van der Waals surface area contributed by atoms with Crippen LogP contribution in [0, 0.1) is 0 Å². The molecule has 6 nitrogen and oxygen atoms in total. The second kappa shape index (κ2) is 11.0. The zero-order valence-electron chi connectivity index (χ0n) is 17.6. The Hall–Kier alpha value is -3.54. The van der Waals surface area contributed by atoms with E-state index in [0.717, 1.165) is 60.3 Å². The van der Waals surface area contributed by atoms with Gasteiger partial charge < -0.3 is 19.4 Å². The van der Waals surface area contributed by atoms with E-state index in [-0.39, 0.29) is 0 Å². The van der Waals surface area contributed by atoms with Crippen molar-refractivity contribution >= 4 is 0 Å². The van der Waals surface area contributed by atoms with Crippen LogP contribution in [0.1, 0.15) is 32.1 Å². The lowest BCUT2D eigenvalue weighted by Gasteiger charge is -2.08. The van der Waals surface area contributed by atoms with E-state index >= 15 is 0 Å². The molecule has 31 heavy (non-hydrogen) atoms. The van der Waals surface area contributed by atoms with Gasteiger partial charge in [0.05, 0.1) is 13.2 Å². The van der Waals surface area contributed by atoms with Crippen LogP contribution in [0.5, 0.6) is 11.5 Å². The summed E-state index contributed by atoms with van der Waals surface area (Å²) in [6.07, 6.45) is 12.8. The summed E-state index contributed by atoms with van der Waals surface area (Å²) < 4.78 is 11.7. The molecule has 0 aliphatic heterocycles. The lowest BCUT2D eigenvalue weighted by Crippen LogP contribution is -1.99. The normalized spacial score (nSPS) is 10.8. The molecule has 2 N–H and O–H groups in total. The number of rotatable bonds is 12. The van der Waals surface area contributed by atoms with E-state index in [1.165, 1.54) is 19.3 Å². The van der Waals surface area contributed by atoms with Crippen molar-refractivity contribution in [3.05, 3.63) is 73.3 Å². The van der Waals surface area contributed by atoms with Crippen molar-refractivity contribution in [2.75, 3.05) is 13.2 Å². The summed E-state index contributed by atoms with van der Waals surface area (Å²) in [5, 5.41) is 0. The highest BCUT2D eigenvalue weighted by Crippen LogP contribution is 2.20. The maximum absolute atomic E-state index is 5.84. The molecule has 0 saturated heterocycles. The molecule has 0 spiro atoms. The van der Waals surface area contributed by atoms with Crippen molar-refractivity contribution in [2.45, 2.75) is 32.1 Å². The van der Waals surface area contributed by atoms with E-state index in [0.29, 0.717) is 0 Å². The molecule has 0 saturated carbocycles. The predicted octanol–water partition coefficient (Wildman–Crippen LogP) is 5.88. The molecule has 0 amide bonds. The molecule has 2 aromatic carbocycles. The number of imidazole rings is 2. The maximum Gasteiger partial charge on any atom is 0.137 e. The van der Waals surface area contributed by atoms with E-state index in [1.54, 1.807) is 12.4 Å². The van der Waals surface area contributed by atoms with Crippen LogP contribution in [0.4, 0.5) is 0 Å². The van der Waals surface area contributed by atoms with Gasteiger partial charge >= 0.3 is 0 Å². The van der Waals surface area contributed by atoms with Gasteiger partial charge in [0.1, 0.15) is 23.1 Å². The molecule has 0 atom stereocenters. The number of H-pyrrole nitrogens is 2. The smallest absolute Gasteiger partial charge is 0.137 e. The van der Waals surface area contributed by atoms with Gasteiger partial charge in [0.25, 0.3) is 0 Å². The molecule has 2 heterocycles. The number of aromatic amines is 2. The maximum atomic E-state index is 5.84. The van der Waals surface area contributed by atoms with Crippen molar-refractivity contribution in [2.24, 2.45) is 0 Å². The van der Waals surface area contributed by atoms with Crippen LogP contribution in [-0.4, -0.2) is 33.1 Å². The number of hydrogen-bond acceptors (Lipinski definition) is 4. The van der Waals surface area contributed by atoms with E-state index in [2.05, 4.69) is 19.9 Å². The Morgan fingerprint density at radius 3 is 1.35 bits per heavy atom. The van der Waals surface area contributed by atoms with E-state index in [9.17, 15) is 0 Å². The molecule has 0 bridgehead atoms. The van der Waals surface area contributed by atoms with Crippen LogP contribution >= 0.6 is 0 Å². The molecule has 4 aromatic rings. The zero-order valence-corrected chi connectivity index (χ0v) is 17.6. The summed E-state index contributed by atoms with van der Waals surface area (Å²) in [5.41, 5.74) is 2.13. The lowest BCUT2D eigenvalue weighted by molar-refractivity contribution is 0.293. The largest absolute Gasteiger partial charge is 0.494 e. The van der Waals surface area contributed by atoms with Crippen molar-refractivity contribution in [3.63, 3.8) is 0 Å². The van der Waals surface area contributed by atoms with Crippen LogP contribution in [-0.2, 0) is 0 Å². The number of unbranched alkanes of at least 4 members (excludes halogenated alkanes) is 4. The first-order chi connectivity index (χ1) is 15.4. The minimum atomic E-state index is 0.749. The highest BCUT2D eigenvalue weighted by atomic mass is 16.5. The quantitative estimate of drug-likeness (QED) is 0.283. The summed E-state index contributed by atoms with van der Waals surface area (Å²) in [4.78, 5) is 14.7. The Labute approximate surface area is 182 Å². The molecule has 160 valence electrons. The Kier molecular flexibility index (Phi) is 7.36. The zero-order chi connectivity index (χ0) is 21.1. The summed E-state index contributed by atoms with van der Waals surface area (Å²) in [7, 11) is 0. The number of nitrogens with zero attached hydrogens (tertiary/aromatic N) is 2. The van der Waals surface area contributed by atoms with Crippen LogP contribution in [0.2, 0.25) is 0 Å². The van der Waals surface area contributed by atoms with E-state index in [4.69, 9.17) is 9.47 Å². The average Bonchev–Trinajstić information content (AvgIpc) is 3.53. The molecular weight excluding hydrogens is 388 g/mol. The van der Waals surface area contributed by atoms with Crippen LogP contribution in [0.3, 0.4) is 0 Å². The minimum absolute atomic E-state index is 0.749. The van der Waals surface area contributed by atoms with Gasteiger partial charge in [0.15, 0.2) is 0 Å². The van der Waals surface area contributed by atoms with Gasteiger partial charge in [0.2, 0.25) is 0 Å². The Balaban J connectivity index is 1.03. The molecule has 0 unspecified atom stereocenters. The second-order valence-electron chi connectivity index (χ2n) is 7.39. The third-order valence-electron chi connectivity index (χ3n) is 5.08. The van der Waals surface area contributed by atoms with Gasteiger partial charge in [0, 0.05) is 35.9 Å². The number of hydrogen-bond donors (Lipinski definition) is 2. The van der Waals surface area contributed by atoms with E-state index < -0.39 is 0 Å². The third-order valence-corrected chi connectivity index (χ3v) is 5.08. The van der Waals surface area contributed by atoms with Gasteiger partial charge in [-0.25, -0.2) is 9.97 Å². The first-order valence-electron chi connectivity index (χ1n) is 10.8. The first-order valence-corrected chi connectivity index (χ1v) is 10.8. The monoisotopic (exact) mass is 416 g/mol. The Morgan fingerprint density at radius 1 is 0.548 bits per heavy atom. The topological polar surface area (TPSA) is 75.8 Å². The van der Waals surface area contributed by atoms with Crippen molar-refractivity contribution < 1.29 is 9.47 Å². The summed E-state index contributed by atoms with van der Waals surface area (Å²) in [6, 6.07) is 16.1. The fraction of sp³-hybridized carbons (Fsp3) is 0.280. The van der Waals surface area contributed by atoms with Crippen molar-refractivity contribution in [3.8, 4) is 34.3 Å². The number of ether oxygens (including phenoxy) is 2. The van der Waals surface area contributed by atoms with E-state index in [1.807, 2.05) is 60.9 Å². The number of aromatic nitrogens is 4. The highest BCUT2D eigenvalue weighted by Gasteiger charge is 2.02. The molecule has 0 aliphatic rings. The molecule has 4 rings (SSSR count). The fourth-order valence-electron chi connectivity index (χ4n) is 3.38. The molecule has 0 aliphatic carbocycles. The molecule has 0 radical (unpaired) electrons. The van der Waals surface area contributed by atoms with Gasteiger partial charge in [-0.15, -0.1) is 0 Å². The minimum Gasteiger partial charge on any atom is -0.494 e. The highest BCUT2D eigenvalue weighted by molar-refractivity contribution is 5.56. The molecule has 6 heteroatoms. The van der Waals surface area contributed by atoms with Crippen LogP contribution in [0.25, 0.3) is 22.8 Å². The molecule has 0 fully saturated rings. The Bertz CT molecular complexity index is 911. The van der Waals surface area contributed by atoms with Gasteiger partial charge in [-0.1, -0.05) is 19.3 Å². The average molecular weight is 417 g/mol. The summed E-state index contributed by atoms with van der Waals surface area (Å²) in [5.74, 6) is 3.56. The summed E-state index contributed by atoms with van der Waals surface area (Å²) in [6.45, 7) is 1.50. The first kappa shape index (κ1) is 20.7. The number of nitrogens with one attached hydrogen (secondary N) is 2. The summed E-state index contributed by atoms with van der Waals surface area (Å²) >= 11 is 0.